The van der Waals surface area contributed by atoms with Crippen molar-refractivity contribution in [1.82, 2.24) is 15.0 Å². The SMILES string of the molecule is COC(=O)c1ccc(/C(=C2\C=CC(C(/c3ccc(C(=O)OC)cc3)=c3\cc/c(=C(C4=N/C(=C(\c5ccc(C(=O)OC)cc5)c5ccc[nH]5)C=C4)\c4ccc(C(=O)OC)cc4)[nH]3)=N2)c2ccc[nH]2)cc1. The molecule has 7 aromatic rings. The first-order valence-electron chi connectivity index (χ1n) is 21.7. The van der Waals surface area contributed by atoms with Crippen LogP contribution in [-0.4, -0.2) is 78.7 Å². The van der Waals surface area contributed by atoms with Crippen LogP contribution in [0.3, 0.4) is 0 Å². The van der Waals surface area contributed by atoms with Crippen molar-refractivity contribution in [3.05, 3.63) is 248 Å². The van der Waals surface area contributed by atoms with E-state index in [9.17, 15) is 19.2 Å². The predicted molar refractivity (Wildman–Crippen MR) is 263 cm³/mol. The van der Waals surface area contributed by atoms with Crippen molar-refractivity contribution in [2.45, 2.75) is 0 Å². The Kier molecular flexibility index (Phi) is 12.7. The van der Waals surface area contributed by atoms with E-state index in [2.05, 4.69) is 15.0 Å². The van der Waals surface area contributed by atoms with Gasteiger partial charge in [-0.2, -0.15) is 0 Å². The van der Waals surface area contributed by atoms with E-state index in [0.717, 1.165) is 55.9 Å². The maximum Gasteiger partial charge on any atom is 0.337 e. The number of H-pyrrole nitrogens is 3. The summed E-state index contributed by atoms with van der Waals surface area (Å²) in [5, 5.41) is 1.42. The number of nitrogens with one attached hydrogen (secondary N) is 3. The van der Waals surface area contributed by atoms with Crippen molar-refractivity contribution in [1.29, 1.82) is 0 Å². The molecule has 4 aromatic carbocycles. The van der Waals surface area contributed by atoms with E-state index in [1.54, 1.807) is 48.5 Å². The summed E-state index contributed by atoms with van der Waals surface area (Å²) >= 11 is 0. The Morgan fingerprint density at radius 2 is 0.652 bits per heavy atom. The van der Waals surface area contributed by atoms with Crippen LogP contribution in [0.4, 0.5) is 0 Å². The molecule has 0 atom stereocenters. The molecule has 0 radical (unpaired) electrons. The van der Waals surface area contributed by atoms with E-state index in [0.29, 0.717) is 55.8 Å². The quantitative estimate of drug-likeness (QED) is 0.0813. The number of benzene rings is 4. The number of ether oxygens (including phenoxy) is 4. The van der Waals surface area contributed by atoms with E-state index in [1.165, 1.54) is 28.4 Å². The third-order valence-electron chi connectivity index (χ3n) is 11.6. The molecule has 0 saturated carbocycles. The van der Waals surface area contributed by atoms with E-state index >= 15 is 0 Å². The molecule has 0 bridgehead atoms. The monoisotopic (exact) mass is 913 g/mol. The molecule has 0 aliphatic carbocycles. The second-order valence-corrected chi connectivity index (χ2v) is 15.7. The number of allylic oxidation sites excluding steroid dienone is 4. The van der Waals surface area contributed by atoms with Gasteiger partial charge in [0.25, 0.3) is 0 Å². The molecule has 0 spiro atoms. The van der Waals surface area contributed by atoms with Gasteiger partial charge in [-0.1, -0.05) is 48.5 Å². The Morgan fingerprint density at radius 3 is 0.928 bits per heavy atom. The van der Waals surface area contributed by atoms with Crippen LogP contribution in [0.2, 0.25) is 0 Å². The minimum absolute atomic E-state index is 0.390. The van der Waals surface area contributed by atoms with Crippen LogP contribution in [0.1, 0.15) is 75.1 Å². The molecule has 13 heteroatoms. The summed E-state index contributed by atoms with van der Waals surface area (Å²) in [5.41, 5.74) is 12.2. The summed E-state index contributed by atoms with van der Waals surface area (Å²) in [6.07, 6.45) is 11.5. The van der Waals surface area contributed by atoms with E-state index in [4.69, 9.17) is 28.9 Å². The number of hydrogen-bond donors (Lipinski definition) is 3. The Labute approximate surface area is 395 Å². The second-order valence-electron chi connectivity index (χ2n) is 15.7. The maximum atomic E-state index is 12.6. The number of aliphatic imine (C=N–C) groups is 2. The molecule has 0 amide bonds. The van der Waals surface area contributed by atoms with Gasteiger partial charge in [0.15, 0.2) is 0 Å². The lowest BCUT2D eigenvalue weighted by Crippen LogP contribution is -2.21. The Hall–Kier alpha value is -9.36. The van der Waals surface area contributed by atoms with Gasteiger partial charge in [-0.3, -0.25) is 0 Å². The fourth-order valence-electron chi connectivity index (χ4n) is 8.27. The zero-order valence-corrected chi connectivity index (χ0v) is 37.8. The fourth-order valence-corrected chi connectivity index (χ4v) is 8.27. The number of hydrogen-bond acceptors (Lipinski definition) is 10. The molecule has 3 aromatic heterocycles. The normalized spacial score (nSPS) is 15.2. The first kappa shape index (κ1) is 44.8. The van der Waals surface area contributed by atoms with Gasteiger partial charge in [-0.25, -0.2) is 29.2 Å². The van der Waals surface area contributed by atoms with Crippen LogP contribution in [0.25, 0.3) is 22.3 Å². The van der Waals surface area contributed by atoms with Gasteiger partial charge in [-0.05, 0) is 131 Å². The fraction of sp³-hybridized carbons (Fsp3) is 0.0714. The van der Waals surface area contributed by atoms with Crippen molar-refractivity contribution in [2.75, 3.05) is 28.4 Å². The van der Waals surface area contributed by atoms with Gasteiger partial charge in [0.1, 0.15) is 0 Å². The Balaban J connectivity index is 1.26. The predicted octanol–water partition coefficient (Wildman–Crippen LogP) is 8.16. The number of carbonyl (C=O) groups is 4. The van der Waals surface area contributed by atoms with Gasteiger partial charge in [0.05, 0.1) is 73.5 Å². The summed E-state index contributed by atoms with van der Waals surface area (Å²) in [5.74, 6) is -1.79. The molecule has 340 valence electrons. The van der Waals surface area contributed by atoms with Crippen LogP contribution < -0.4 is 10.7 Å². The molecule has 0 fully saturated rings. The number of methoxy groups -OCH3 is 4. The highest BCUT2D eigenvalue weighted by Crippen LogP contribution is 2.34. The van der Waals surface area contributed by atoms with E-state index in [1.807, 2.05) is 122 Å². The summed E-state index contributed by atoms with van der Waals surface area (Å²) in [7, 11) is 5.38. The largest absolute Gasteiger partial charge is 0.465 e. The molecule has 13 nitrogen and oxygen atoms in total. The van der Waals surface area contributed by atoms with Crippen LogP contribution in [-0.2, 0) is 18.9 Å². The highest BCUT2D eigenvalue weighted by Gasteiger charge is 2.23. The van der Waals surface area contributed by atoms with Gasteiger partial charge in [0.2, 0.25) is 0 Å². The summed E-state index contributed by atoms with van der Waals surface area (Å²) in [6.45, 7) is 0. The smallest absolute Gasteiger partial charge is 0.337 e. The summed E-state index contributed by atoms with van der Waals surface area (Å²) < 4.78 is 19.9. The van der Waals surface area contributed by atoms with Gasteiger partial charge >= 0.3 is 23.9 Å². The molecule has 69 heavy (non-hydrogen) atoms. The topological polar surface area (TPSA) is 177 Å². The minimum Gasteiger partial charge on any atom is -0.465 e. The van der Waals surface area contributed by atoms with Crippen molar-refractivity contribution in [3.8, 4) is 0 Å². The number of carbonyl (C=O) groups excluding carboxylic acids is 4. The van der Waals surface area contributed by atoms with Crippen LogP contribution in [0, 0.1) is 0 Å². The van der Waals surface area contributed by atoms with Crippen molar-refractivity contribution < 1.29 is 38.1 Å². The zero-order valence-electron chi connectivity index (χ0n) is 37.8. The highest BCUT2D eigenvalue weighted by molar-refractivity contribution is 6.31. The summed E-state index contributed by atoms with van der Waals surface area (Å²) in [4.78, 5) is 70.6. The molecular weight excluding hydrogens is 871 g/mol. The number of rotatable bonds is 12. The van der Waals surface area contributed by atoms with Crippen LogP contribution in [0.5, 0.6) is 0 Å². The van der Waals surface area contributed by atoms with E-state index in [-0.39, 0.29) is 0 Å². The number of esters is 4. The van der Waals surface area contributed by atoms with Crippen LogP contribution in [0.15, 0.2) is 192 Å². The number of nitrogens with zero attached hydrogens (tertiary/aromatic N) is 2. The van der Waals surface area contributed by atoms with Gasteiger partial charge in [-0.15, -0.1) is 0 Å². The minimum atomic E-state index is -0.462. The lowest BCUT2D eigenvalue weighted by molar-refractivity contribution is 0.0592. The Morgan fingerprint density at radius 1 is 0.362 bits per heavy atom. The highest BCUT2D eigenvalue weighted by atomic mass is 16.5. The molecule has 9 rings (SSSR count). The molecule has 5 heterocycles. The Bertz CT molecular complexity index is 3210. The number of aromatic amines is 3. The van der Waals surface area contributed by atoms with Crippen molar-refractivity contribution >= 4 is 57.6 Å². The molecule has 2 aliphatic heterocycles. The molecule has 3 N–H and O–H groups in total. The average molecular weight is 914 g/mol. The standard InChI is InChI=1S/C56H43N5O8/c1-66-53(62)37-17-9-33(10-18-37)49(41-7-5-31-57-41)43-25-27-45(59-43)51(35-13-21-39(22-14-35)55(64)68-3)47-29-30-48(61-47)52(36-15-23-40(24-16-36)56(65)69-4)46-28-26-44(60-46)50(42-8-6-32-58-42)34-11-19-38(20-12-34)54(63)67-2/h5-32,57-58,61H,1-4H3/b49-43-,50-44+,51-47+,52-48-. The number of aromatic nitrogens is 3. The van der Waals surface area contributed by atoms with Gasteiger partial charge in [0, 0.05) is 56.8 Å². The van der Waals surface area contributed by atoms with Crippen molar-refractivity contribution in [3.63, 3.8) is 0 Å². The second kappa shape index (κ2) is 19.6. The van der Waals surface area contributed by atoms with E-state index < -0.39 is 23.9 Å². The molecule has 0 unspecified atom stereocenters. The zero-order chi connectivity index (χ0) is 48.0. The maximum absolute atomic E-state index is 12.6. The summed E-state index contributed by atoms with van der Waals surface area (Å²) in [6, 6.07) is 40.3. The first-order valence-corrected chi connectivity index (χ1v) is 21.7. The molecule has 0 saturated heterocycles. The van der Waals surface area contributed by atoms with Crippen LogP contribution >= 0.6 is 0 Å². The average Bonchev–Trinajstić information content (AvgIpc) is 4.28. The first-order chi connectivity index (χ1) is 33.7. The molecular formula is C56H43N5O8. The third-order valence-corrected chi connectivity index (χ3v) is 11.6. The lowest BCUT2D eigenvalue weighted by Gasteiger charge is -2.11. The third kappa shape index (κ3) is 9.12. The van der Waals surface area contributed by atoms with Crippen molar-refractivity contribution in [2.24, 2.45) is 9.98 Å². The lowest BCUT2D eigenvalue weighted by atomic mass is 9.99. The molecule has 2 aliphatic rings. The van der Waals surface area contributed by atoms with Gasteiger partial charge < -0.3 is 33.9 Å².